The van der Waals surface area contributed by atoms with E-state index in [1.807, 2.05) is 0 Å². The lowest BCUT2D eigenvalue weighted by atomic mass is 10.0. The van der Waals surface area contributed by atoms with Gasteiger partial charge in [0.05, 0.1) is 25.4 Å². The molecule has 0 fully saturated rings. The van der Waals surface area contributed by atoms with Crippen LogP contribution >= 0.6 is 0 Å². The highest BCUT2D eigenvalue weighted by Gasteiger charge is 2.20. The summed E-state index contributed by atoms with van der Waals surface area (Å²) in [5.41, 5.74) is 0. The lowest BCUT2D eigenvalue weighted by Crippen LogP contribution is -2.45. The lowest BCUT2D eigenvalue weighted by molar-refractivity contribution is -0.143. The van der Waals surface area contributed by atoms with E-state index < -0.39 is 12.1 Å². The maximum absolute atomic E-state index is 12.5. The molecule has 1 amide bonds. The summed E-state index contributed by atoms with van der Waals surface area (Å²) in [6, 6.07) is -0.543. The first-order chi connectivity index (χ1) is 31.0. The lowest BCUT2D eigenvalue weighted by Gasteiger charge is -2.22. The van der Waals surface area contributed by atoms with E-state index in [1.54, 1.807) is 0 Å². The van der Waals surface area contributed by atoms with Crippen molar-refractivity contribution in [1.82, 2.24) is 5.32 Å². The Labute approximate surface area is 392 Å². The number of unbranched alkanes of at least 4 members (excludes halogenated alkanes) is 37. The zero-order valence-electron chi connectivity index (χ0n) is 42.3. The Morgan fingerprint density at radius 2 is 0.810 bits per heavy atom. The van der Waals surface area contributed by atoms with Crippen LogP contribution in [0.1, 0.15) is 303 Å². The van der Waals surface area contributed by atoms with Gasteiger partial charge in [0.25, 0.3) is 0 Å². The third kappa shape index (κ3) is 49.6. The van der Waals surface area contributed by atoms with E-state index in [1.165, 1.54) is 218 Å². The number of ether oxygens (including phenoxy) is 1. The molecule has 0 spiro atoms. The molecular formula is C57H109NO5. The first kappa shape index (κ1) is 61.3. The molecule has 0 aromatic rings. The number of hydrogen-bond donors (Lipinski definition) is 3. The summed E-state index contributed by atoms with van der Waals surface area (Å²) in [5, 5.41) is 23.2. The molecule has 6 nitrogen and oxygen atoms in total. The standard InChI is InChI=1S/C57H109NO5/c1-3-5-7-9-11-13-15-17-27-31-35-39-43-47-51-57(62)63-52-48-44-40-36-32-28-24-22-20-18-19-21-23-26-30-34-38-42-46-50-56(61)58-54(53-59)55(60)49-45-41-37-33-29-25-16-14-12-10-8-6-4-2/h9,11,15,17,54-55,59-60H,3-8,10,12-14,16,18-53H2,1-2H3,(H,58,61)/b11-9-,17-15-. The van der Waals surface area contributed by atoms with Gasteiger partial charge in [0.1, 0.15) is 0 Å². The minimum absolute atomic E-state index is 0.00552. The summed E-state index contributed by atoms with van der Waals surface area (Å²) in [6.07, 6.45) is 63.0. The molecule has 63 heavy (non-hydrogen) atoms. The monoisotopic (exact) mass is 888 g/mol. The summed E-state index contributed by atoms with van der Waals surface area (Å²) in [5.74, 6) is -0.0432. The van der Waals surface area contributed by atoms with Crippen molar-refractivity contribution < 1.29 is 24.5 Å². The Hall–Kier alpha value is -1.66. The number of carbonyl (C=O) groups is 2. The van der Waals surface area contributed by atoms with Crippen LogP contribution in [0.25, 0.3) is 0 Å². The van der Waals surface area contributed by atoms with E-state index in [2.05, 4.69) is 43.5 Å². The van der Waals surface area contributed by atoms with Crippen LogP contribution in [0.3, 0.4) is 0 Å². The SMILES string of the molecule is CCCC/C=C\C/C=C\CCCCCCCC(=O)OCCCCCCCCCCCCCCCCCCCCCC(=O)NC(CO)C(O)CCCCCCCCCCCCCCC. The number of rotatable bonds is 52. The molecule has 0 saturated carbocycles. The van der Waals surface area contributed by atoms with E-state index in [0.29, 0.717) is 25.9 Å². The second-order valence-corrected chi connectivity index (χ2v) is 19.3. The second kappa shape index (κ2) is 53.0. The quantitative estimate of drug-likeness (QED) is 0.0321. The fraction of sp³-hybridized carbons (Fsp3) is 0.895. The molecule has 372 valence electrons. The highest BCUT2D eigenvalue weighted by molar-refractivity contribution is 5.76. The maximum Gasteiger partial charge on any atom is 0.305 e. The molecule has 6 heteroatoms. The van der Waals surface area contributed by atoms with Crippen molar-refractivity contribution in [2.75, 3.05) is 13.2 Å². The average molecular weight is 889 g/mol. The Kier molecular flexibility index (Phi) is 51.6. The fourth-order valence-corrected chi connectivity index (χ4v) is 8.66. The highest BCUT2D eigenvalue weighted by Crippen LogP contribution is 2.17. The number of esters is 1. The number of nitrogens with one attached hydrogen (secondary N) is 1. The largest absolute Gasteiger partial charge is 0.466 e. The van der Waals surface area contributed by atoms with Crippen LogP contribution in [0.4, 0.5) is 0 Å². The van der Waals surface area contributed by atoms with Gasteiger partial charge in [0.15, 0.2) is 0 Å². The van der Waals surface area contributed by atoms with E-state index in [0.717, 1.165) is 51.4 Å². The predicted molar refractivity (Wildman–Crippen MR) is 273 cm³/mol. The number of allylic oxidation sites excluding steroid dienone is 4. The van der Waals surface area contributed by atoms with Crippen molar-refractivity contribution in [1.29, 1.82) is 0 Å². The maximum atomic E-state index is 12.5. The van der Waals surface area contributed by atoms with Gasteiger partial charge in [-0.25, -0.2) is 0 Å². The van der Waals surface area contributed by atoms with Crippen LogP contribution in [0.5, 0.6) is 0 Å². The van der Waals surface area contributed by atoms with Crippen molar-refractivity contribution >= 4 is 11.9 Å². The Bertz CT molecular complexity index is 982. The second-order valence-electron chi connectivity index (χ2n) is 19.3. The summed E-state index contributed by atoms with van der Waals surface area (Å²) in [6.45, 7) is 4.90. The molecule has 0 saturated heterocycles. The van der Waals surface area contributed by atoms with Gasteiger partial charge in [-0.15, -0.1) is 0 Å². The summed E-state index contributed by atoms with van der Waals surface area (Å²) in [4.78, 5) is 24.5. The topological polar surface area (TPSA) is 95.9 Å². The normalized spacial score (nSPS) is 12.8. The number of amides is 1. The highest BCUT2D eigenvalue weighted by atomic mass is 16.5. The minimum Gasteiger partial charge on any atom is -0.466 e. The van der Waals surface area contributed by atoms with E-state index in [9.17, 15) is 19.8 Å². The van der Waals surface area contributed by atoms with E-state index in [4.69, 9.17) is 4.74 Å². The molecule has 0 bridgehead atoms. The van der Waals surface area contributed by atoms with Gasteiger partial charge >= 0.3 is 5.97 Å². The van der Waals surface area contributed by atoms with Crippen LogP contribution in [0, 0.1) is 0 Å². The number of hydrogen-bond acceptors (Lipinski definition) is 5. The smallest absolute Gasteiger partial charge is 0.305 e. The summed E-state index contributed by atoms with van der Waals surface area (Å²) >= 11 is 0. The number of aliphatic hydroxyl groups excluding tert-OH is 2. The van der Waals surface area contributed by atoms with Gasteiger partial charge < -0.3 is 20.3 Å². The van der Waals surface area contributed by atoms with Crippen molar-refractivity contribution in [3.63, 3.8) is 0 Å². The Morgan fingerprint density at radius 3 is 1.25 bits per heavy atom. The van der Waals surface area contributed by atoms with Crippen molar-refractivity contribution in [2.24, 2.45) is 0 Å². The molecule has 0 aromatic heterocycles. The van der Waals surface area contributed by atoms with Gasteiger partial charge in [-0.2, -0.15) is 0 Å². The first-order valence-electron chi connectivity index (χ1n) is 28.1. The molecule has 0 aliphatic rings. The molecule has 2 atom stereocenters. The molecule has 0 aliphatic heterocycles. The molecular weight excluding hydrogens is 779 g/mol. The van der Waals surface area contributed by atoms with Gasteiger partial charge in [0.2, 0.25) is 5.91 Å². The Balaban J connectivity index is 3.40. The van der Waals surface area contributed by atoms with Gasteiger partial charge in [-0.05, 0) is 51.4 Å². The molecule has 0 aromatic carbocycles. The molecule has 2 unspecified atom stereocenters. The van der Waals surface area contributed by atoms with Crippen LogP contribution in [0.2, 0.25) is 0 Å². The fourth-order valence-electron chi connectivity index (χ4n) is 8.66. The average Bonchev–Trinajstić information content (AvgIpc) is 3.28. The van der Waals surface area contributed by atoms with Crippen LogP contribution < -0.4 is 5.32 Å². The zero-order valence-corrected chi connectivity index (χ0v) is 42.3. The number of aliphatic hydroxyl groups is 2. The van der Waals surface area contributed by atoms with Crippen LogP contribution in [-0.2, 0) is 14.3 Å². The zero-order chi connectivity index (χ0) is 45.8. The molecule has 0 radical (unpaired) electrons. The van der Waals surface area contributed by atoms with Gasteiger partial charge in [0, 0.05) is 12.8 Å². The molecule has 0 rings (SSSR count). The first-order valence-corrected chi connectivity index (χ1v) is 28.1. The number of carbonyl (C=O) groups excluding carboxylic acids is 2. The van der Waals surface area contributed by atoms with Gasteiger partial charge in [-0.1, -0.05) is 263 Å². The van der Waals surface area contributed by atoms with Crippen molar-refractivity contribution in [2.45, 2.75) is 315 Å². The third-order valence-corrected chi connectivity index (χ3v) is 13.0. The third-order valence-electron chi connectivity index (χ3n) is 13.0. The molecule has 3 N–H and O–H groups in total. The van der Waals surface area contributed by atoms with E-state index in [-0.39, 0.29) is 18.5 Å². The minimum atomic E-state index is -0.665. The molecule has 0 heterocycles. The van der Waals surface area contributed by atoms with Crippen LogP contribution in [-0.4, -0.2) is 47.4 Å². The van der Waals surface area contributed by atoms with E-state index >= 15 is 0 Å². The summed E-state index contributed by atoms with van der Waals surface area (Å²) < 4.78 is 5.46. The molecule has 0 aliphatic carbocycles. The van der Waals surface area contributed by atoms with Crippen LogP contribution in [0.15, 0.2) is 24.3 Å². The van der Waals surface area contributed by atoms with Crippen molar-refractivity contribution in [3.8, 4) is 0 Å². The Morgan fingerprint density at radius 1 is 0.444 bits per heavy atom. The summed E-state index contributed by atoms with van der Waals surface area (Å²) in [7, 11) is 0. The predicted octanol–water partition coefficient (Wildman–Crippen LogP) is 17.1. The van der Waals surface area contributed by atoms with Gasteiger partial charge in [-0.3, -0.25) is 9.59 Å². The van der Waals surface area contributed by atoms with Crippen molar-refractivity contribution in [3.05, 3.63) is 24.3 Å².